The molecule has 0 saturated heterocycles. The second-order valence-corrected chi connectivity index (χ2v) is 10.6. The fourth-order valence-corrected chi connectivity index (χ4v) is 5.16. The van der Waals surface area contributed by atoms with Gasteiger partial charge >= 0.3 is 6.18 Å². The molecule has 12 heteroatoms. The van der Waals surface area contributed by atoms with Gasteiger partial charge in [-0.25, -0.2) is 15.0 Å². The molecular formula is C32H32ClF3N6O2. The summed E-state index contributed by atoms with van der Waals surface area (Å²) in [6.45, 7) is 8.88. The molecule has 8 nitrogen and oxygen atoms in total. The lowest BCUT2D eigenvalue weighted by molar-refractivity contribution is -0.140. The molecule has 0 aliphatic rings. The topological polar surface area (TPSA) is 94.7 Å². The zero-order chi connectivity index (χ0) is 32.5. The third kappa shape index (κ3) is 6.23. The number of benzene rings is 1. The van der Waals surface area contributed by atoms with Crippen molar-refractivity contribution < 1.29 is 13.2 Å². The molecule has 0 bridgehead atoms. The van der Waals surface area contributed by atoms with Crippen molar-refractivity contribution in [3.63, 3.8) is 0 Å². The molecule has 44 heavy (non-hydrogen) atoms. The number of aryl methyl sites for hydroxylation is 2. The SMILES string of the molecule is CC.Cc1ccc(N[C@H](C)c2cc(Cl)cc3c(=O)n(C)c(-c4cnc(-c5ccn(C)c(=O)c5C)nc4)cc23)c(C(F)(F)F)n1. The maximum Gasteiger partial charge on any atom is 0.435 e. The van der Waals surface area contributed by atoms with Crippen molar-refractivity contribution >= 4 is 28.1 Å². The number of nitrogens with one attached hydrogen (secondary N) is 1. The van der Waals surface area contributed by atoms with Crippen LogP contribution in [-0.4, -0.2) is 24.1 Å². The van der Waals surface area contributed by atoms with E-state index in [0.29, 0.717) is 44.5 Å². The molecule has 1 aromatic carbocycles. The van der Waals surface area contributed by atoms with Gasteiger partial charge in [0.1, 0.15) is 0 Å². The largest absolute Gasteiger partial charge is 0.435 e. The van der Waals surface area contributed by atoms with E-state index in [-0.39, 0.29) is 27.5 Å². The van der Waals surface area contributed by atoms with Crippen LogP contribution < -0.4 is 16.4 Å². The fraction of sp³-hybridized carbons (Fsp3) is 0.281. The fourth-order valence-electron chi connectivity index (χ4n) is 4.94. The van der Waals surface area contributed by atoms with Gasteiger partial charge in [0.05, 0.1) is 11.4 Å². The van der Waals surface area contributed by atoms with Crippen LogP contribution in [0.1, 0.15) is 49.3 Å². The average molecular weight is 625 g/mol. The first-order chi connectivity index (χ1) is 20.8. The molecule has 1 atom stereocenters. The first kappa shape index (κ1) is 32.4. The van der Waals surface area contributed by atoms with E-state index in [1.165, 1.54) is 34.3 Å². The third-order valence-corrected chi connectivity index (χ3v) is 7.41. The van der Waals surface area contributed by atoms with Crippen molar-refractivity contribution in [2.45, 2.75) is 46.8 Å². The molecule has 1 N–H and O–H groups in total. The molecule has 0 spiro atoms. The number of nitrogens with zero attached hydrogens (tertiary/aromatic N) is 5. The van der Waals surface area contributed by atoms with Gasteiger partial charge in [0.15, 0.2) is 11.5 Å². The van der Waals surface area contributed by atoms with Gasteiger partial charge in [-0.1, -0.05) is 25.4 Å². The zero-order valence-corrected chi connectivity index (χ0v) is 26.1. The smallest absolute Gasteiger partial charge is 0.377 e. The van der Waals surface area contributed by atoms with E-state index < -0.39 is 17.9 Å². The van der Waals surface area contributed by atoms with Crippen molar-refractivity contribution in [2.24, 2.45) is 14.1 Å². The van der Waals surface area contributed by atoms with E-state index in [0.717, 1.165) is 0 Å². The molecule has 0 aliphatic carbocycles. The van der Waals surface area contributed by atoms with E-state index in [4.69, 9.17) is 11.6 Å². The van der Waals surface area contributed by atoms with Gasteiger partial charge in [0.2, 0.25) is 0 Å². The Labute approximate surface area is 257 Å². The highest BCUT2D eigenvalue weighted by Crippen LogP contribution is 2.37. The number of anilines is 1. The summed E-state index contributed by atoms with van der Waals surface area (Å²) in [6.07, 6.45) is 0.0988. The Morgan fingerprint density at radius 1 is 0.932 bits per heavy atom. The highest BCUT2D eigenvalue weighted by Gasteiger charge is 2.36. The highest BCUT2D eigenvalue weighted by atomic mass is 35.5. The van der Waals surface area contributed by atoms with E-state index in [1.807, 2.05) is 13.8 Å². The number of alkyl halides is 3. The minimum absolute atomic E-state index is 0.158. The molecule has 0 aliphatic heterocycles. The molecule has 230 valence electrons. The van der Waals surface area contributed by atoms with Crippen molar-refractivity contribution in [3.8, 4) is 22.6 Å². The lowest BCUT2D eigenvalue weighted by Gasteiger charge is -2.22. The minimum atomic E-state index is -4.66. The average Bonchev–Trinajstić information content (AvgIpc) is 2.99. The second-order valence-electron chi connectivity index (χ2n) is 10.1. The van der Waals surface area contributed by atoms with Gasteiger partial charge in [-0.3, -0.25) is 9.59 Å². The molecule has 0 saturated carbocycles. The van der Waals surface area contributed by atoms with Gasteiger partial charge in [-0.2, -0.15) is 13.2 Å². The number of halogens is 4. The molecule has 5 rings (SSSR count). The summed E-state index contributed by atoms with van der Waals surface area (Å²) >= 11 is 6.37. The molecule has 4 heterocycles. The molecule has 0 amide bonds. The number of hydrogen-bond acceptors (Lipinski definition) is 6. The monoisotopic (exact) mass is 624 g/mol. The van der Waals surface area contributed by atoms with E-state index in [9.17, 15) is 22.8 Å². The van der Waals surface area contributed by atoms with Crippen molar-refractivity contribution in [1.29, 1.82) is 0 Å². The van der Waals surface area contributed by atoms with E-state index in [1.54, 1.807) is 64.7 Å². The lowest BCUT2D eigenvalue weighted by Crippen LogP contribution is -2.20. The van der Waals surface area contributed by atoms with Crippen molar-refractivity contribution in [2.75, 3.05) is 5.32 Å². The summed E-state index contributed by atoms with van der Waals surface area (Å²) in [6, 6.07) is 8.83. The Balaban J connectivity index is 0.00000216. The molecule has 0 fully saturated rings. The second kappa shape index (κ2) is 12.6. The highest BCUT2D eigenvalue weighted by molar-refractivity contribution is 6.31. The van der Waals surface area contributed by atoms with Gasteiger partial charge in [0, 0.05) is 71.5 Å². The van der Waals surface area contributed by atoms with Crippen LogP contribution in [0.5, 0.6) is 0 Å². The van der Waals surface area contributed by atoms with Crippen LogP contribution in [0, 0.1) is 13.8 Å². The van der Waals surface area contributed by atoms with E-state index >= 15 is 0 Å². The maximum absolute atomic E-state index is 13.7. The Bertz CT molecular complexity index is 1970. The Hall–Kier alpha value is -4.51. The number of aromatic nitrogens is 5. The van der Waals surface area contributed by atoms with Gasteiger partial charge < -0.3 is 14.5 Å². The Kier molecular flexibility index (Phi) is 9.29. The summed E-state index contributed by atoms with van der Waals surface area (Å²) < 4.78 is 44.1. The Morgan fingerprint density at radius 3 is 2.23 bits per heavy atom. The van der Waals surface area contributed by atoms with Crippen LogP contribution in [0.3, 0.4) is 0 Å². The Morgan fingerprint density at radius 2 is 1.59 bits per heavy atom. The number of pyridine rings is 3. The van der Waals surface area contributed by atoms with Crippen LogP contribution in [0.15, 0.2) is 64.6 Å². The normalized spacial score (nSPS) is 12.1. The molecule has 0 unspecified atom stereocenters. The number of rotatable bonds is 5. The predicted octanol–water partition coefficient (Wildman–Crippen LogP) is 7.24. The number of fused-ring (bicyclic) bond motifs is 1. The summed E-state index contributed by atoms with van der Waals surface area (Å²) in [4.78, 5) is 38.4. The quantitative estimate of drug-likeness (QED) is 0.221. The first-order valence-electron chi connectivity index (χ1n) is 13.9. The minimum Gasteiger partial charge on any atom is -0.377 e. The summed E-state index contributed by atoms with van der Waals surface area (Å²) in [5.74, 6) is 0.359. The lowest BCUT2D eigenvalue weighted by atomic mass is 9.98. The number of hydrogen-bond donors (Lipinski definition) is 1. The maximum atomic E-state index is 13.7. The molecule has 4 aromatic heterocycles. The van der Waals surface area contributed by atoms with Crippen molar-refractivity contribution in [1.82, 2.24) is 24.1 Å². The zero-order valence-electron chi connectivity index (χ0n) is 25.3. The van der Waals surface area contributed by atoms with Crippen LogP contribution in [0.4, 0.5) is 18.9 Å². The molecule has 0 radical (unpaired) electrons. The van der Waals surface area contributed by atoms with Crippen LogP contribution in [0.25, 0.3) is 33.4 Å². The van der Waals surface area contributed by atoms with Gasteiger partial charge in [-0.15, -0.1) is 0 Å². The third-order valence-electron chi connectivity index (χ3n) is 7.19. The van der Waals surface area contributed by atoms with Crippen LogP contribution >= 0.6 is 11.6 Å². The van der Waals surface area contributed by atoms with Crippen molar-refractivity contribution in [3.05, 3.63) is 103 Å². The molecule has 5 aromatic rings. The predicted molar refractivity (Wildman–Crippen MR) is 168 cm³/mol. The summed E-state index contributed by atoms with van der Waals surface area (Å²) in [5.41, 5.74) is 1.16. The van der Waals surface area contributed by atoms with Crippen LogP contribution in [-0.2, 0) is 20.3 Å². The van der Waals surface area contributed by atoms with Crippen LogP contribution in [0.2, 0.25) is 5.02 Å². The van der Waals surface area contributed by atoms with Gasteiger partial charge in [0.25, 0.3) is 11.1 Å². The first-order valence-corrected chi connectivity index (χ1v) is 14.3. The standard InChI is InChI=1S/C30H26ClF3N6O2.C2H6/c1-15-6-7-24(26(37-15)30(32,33)34)38-17(3)21-10-19(31)11-23-22(21)12-25(40(5)29(23)42)18-13-35-27(36-14-18)20-8-9-39(4)28(41)16(20)2;1-2/h6-14,17,38H,1-5H3;1-2H3/t17-;/m1./s1. The van der Waals surface area contributed by atoms with E-state index in [2.05, 4.69) is 20.3 Å². The summed E-state index contributed by atoms with van der Waals surface area (Å²) in [5, 5.41) is 4.00. The summed E-state index contributed by atoms with van der Waals surface area (Å²) in [7, 11) is 3.26. The van der Waals surface area contributed by atoms with Gasteiger partial charge in [-0.05, 0) is 68.1 Å². The molecular weight excluding hydrogens is 593 g/mol.